The molecule has 0 aromatic carbocycles. The van der Waals surface area contributed by atoms with Crippen molar-refractivity contribution in [3.63, 3.8) is 0 Å². The minimum atomic E-state index is -0.190. The van der Waals surface area contributed by atoms with Crippen LogP contribution in [-0.4, -0.2) is 48.1 Å². The molecule has 2 rings (SSSR count). The van der Waals surface area contributed by atoms with E-state index in [4.69, 9.17) is 5.11 Å². The van der Waals surface area contributed by atoms with E-state index in [2.05, 4.69) is 19.2 Å². The summed E-state index contributed by atoms with van der Waals surface area (Å²) >= 11 is 0. The second kappa shape index (κ2) is 6.77. The average Bonchev–Trinajstić information content (AvgIpc) is 3.17. The van der Waals surface area contributed by atoms with E-state index in [1.165, 1.54) is 12.8 Å². The van der Waals surface area contributed by atoms with E-state index in [0.29, 0.717) is 25.4 Å². The first-order valence-electron chi connectivity index (χ1n) is 8.07. The predicted octanol–water partition coefficient (Wildman–Crippen LogP) is 1.16. The molecule has 120 valence electrons. The zero-order valence-electron chi connectivity index (χ0n) is 13.2. The number of nitrogens with zero attached hydrogens (tertiary/aromatic N) is 1. The molecule has 2 fully saturated rings. The molecule has 2 amide bonds. The molecule has 2 N–H and O–H groups in total. The Balaban J connectivity index is 1.74. The Kier molecular flexibility index (Phi) is 5.25. The van der Waals surface area contributed by atoms with E-state index in [-0.39, 0.29) is 29.8 Å². The number of aliphatic hydroxyl groups excluding tert-OH is 1. The second-order valence-electron chi connectivity index (χ2n) is 7.35. The van der Waals surface area contributed by atoms with E-state index in [0.717, 1.165) is 19.4 Å². The lowest BCUT2D eigenvalue weighted by Crippen LogP contribution is -2.38. The third-order valence-corrected chi connectivity index (χ3v) is 4.51. The maximum Gasteiger partial charge on any atom is 0.225 e. The molecule has 1 atom stereocenters. The summed E-state index contributed by atoms with van der Waals surface area (Å²) in [6.45, 7) is 6.37. The number of aliphatic hydroxyl groups is 1. The highest BCUT2D eigenvalue weighted by atomic mass is 16.3. The van der Waals surface area contributed by atoms with Crippen LogP contribution in [0.4, 0.5) is 0 Å². The van der Waals surface area contributed by atoms with Crippen LogP contribution in [0.5, 0.6) is 0 Å². The third-order valence-electron chi connectivity index (χ3n) is 4.51. The summed E-state index contributed by atoms with van der Waals surface area (Å²) in [6.07, 6.45) is 4.43. The Morgan fingerprint density at radius 2 is 2.14 bits per heavy atom. The van der Waals surface area contributed by atoms with Crippen molar-refractivity contribution in [3.8, 4) is 0 Å². The lowest BCUT2D eigenvalue weighted by atomic mass is 9.87. The molecule has 0 aromatic rings. The summed E-state index contributed by atoms with van der Waals surface area (Å²) in [6, 6.07) is 0. The van der Waals surface area contributed by atoms with Crippen LogP contribution in [0.25, 0.3) is 0 Å². The molecule has 0 radical (unpaired) electrons. The SMILES string of the molecule is CC(C)(CCCO)CNC(=O)C1CC(=O)N(CC2CC2)C1. The summed E-state index contributed by atoms with van der Waals surface area (Å²) in [5.41, 5.74) is -0.0191. The Bertz CT molecular complexity index is 391. The fourth-order valence-corrected chi connectivity index (χ4v) is 2.85. The number of hydrogen-bond acceptors (Lipinski definition) is 3. The van der Waals surface area contributed by atoms with Gasteiger partial charge in [-0.3, -0.25) is 9.59 Å². The van der Waals surface area contributed by atoms with Gasteiger partial charge in [0.1, 0.15) is 0 Å². The summed E-state index contributed by atoms with van der Waals surface area (Å²) in [4.78, 5) is 26.0. The van der Waals surface area contributed by atoms with Gasteiger partial charge in [0.2, 0.25) is 11.8 Å². The summed E-state index contributed by atoms with van der Waals surface area (Å²) in [5.74, 6) is 0.610. The monoisotopic (exact) mass is 296 g/mol. The molecule has 1 saturated heterocycles. The van der Waals surface area contributed by atoms with Crippen molar-refractivity contribution in [2.45, 2.75) is 46.0 Å². The molecule has 1 heterocycles. The Morgan fingerprint density at radius 1 is 1.43 bits per heavy atom. The smallest absolute Gasteiger partial charge is 0.225 e. The van der Waals surface area contributed by atoms with Crippen molar-refractivity contribution in [2.75, 3.05) is 26.2 Å². The van der Waals surface area contributed by atoms with Crippen LogP contribution in [0.3, 0.4) is 0 Å². The molecular formula is C16H28N2O3. The number of rotatable bonds is 8. The van der Waals surface area contributed by atoms with Gasteiger partial charge in [0.25, 0.3) is 0 Å². The average molecular weight is 296 g/mol. The minimum Gasteiger partial charge on any atom is -0.396 e. The molecule has 0 aromatic heterocycles. The maximum absolute atomic E-state index is 12.2. The van der Waals surface area contributed by atoms with Crippen LogP contribution >= 0.6 is 0 Å². The number of nitrogens with one attached hydrogen (secondary N) is 1. The first-order valence-corrected chi connectivity index (χ1v) is 8.07. The Morgan fingerprint density at radius 3 is 2.76 bits per heavy atom. The van der Waals surface area contributed by atoms with Gasteiger partial charge in [-0.05, 0) is 37.0 Å². The molecule has 1 aliphatic heterocycles. The fourth-order valence-electron chi connectivity index (χ4n) is 2.85. The van der Waals surface area contributed by atoms with Crippen LogP contribution in [-0.2, 0) is 9.59 Å². The van der Waals surface area contributed by atoms with Crippen molar-refractivity contribution >= 4 is 11.8 Å². The zero-order chi connectivity index (χ0) is 15.5. The van der Waals surface area contributed by atoms with Crippen molar-refractivity contribution < 1.29 is 14.7 Å². The van der Waals surface area contributed by atoms with Gasteiger partial charge in [0.15, 0.2) is 0 Å². The molecule has 1 saturated carbocycles. The van der Waals surface area contributed by atoms with E-state index in [1.54, 1.807) is 0 Å². The molecule has 21 heavy (non-hydrogen) atoms. The first kappa shape index (κ1) is 16.3. The van der Waals surface area contributed by atoms with Gasteiger partial charge in [-0.15, -0.1) is 0 Å². The second-order valence-corrected chi connectivity index (χ2v) is 7.35. The van der Waals surface area contributed by atoms with Crippen LogP contribution in [0.1, 0.15) is 46.0 Å². The molecule has 0 bridgehead atoms. The van der Waals surface area contributed by atoms with Gasteiger partial charge in [-0.25, -0.2) is 0 Å². The summed E-state index contributed by atoms with van der Waals surface area (Å²) in [7, 11) is 0. The van der Waals surface area contributed by atoms with Gasteiger partial charge >= 0.3 is 0 Å². The number of carbonyl (C=O) groups excluding carboxylic acids is 2. The normalized spacial score (nSPS) is 22.7. The maximum atomic E-state index is 12.2. The van der Waals surface area contributed by atoms with Crippen molar-refractivity contribution in [1.82, 2.24) is 10.2 Å². The molecule has 0 spiro atoms. The highest BCUT2D eigenvalue weighted by molar-refractivity contribution is 5.89. The molecule has 5 nitrogen and oxygen atoms in total. The molecule has 2 aliphatic rings. The van der Waals surface area contributed by atoms with Crippen molar-refractivity contribution in [1.29, 1.82) is 0 Å². The highest BCUT2D eigenvalue weighted by Crippen LogP contribution is 2.32. The van der Waals surface area contributed by atoms with E-state index >= 15 is 0 Å². The lowest BCUT2D eigenvalue weighted by Gasteiger charge is -2.25. The van der Waals surface area contributed by atoms with Gasteiger partial charge in [0, 0.05) is 32.7 Å². The largest absolute Gasteiger partial charge is 0.396 e. The van der Waals surface area contributed by atoms with Crippen LogP contribution in [0.2, 0.25) is 0 Å². The Hall–Kier alpha value is -1.10. The van der Waals surface area contributed by atoms with Gasteiger partial charge in [-0.2, -0.15) is 0 Å². The van der Waals surface area contributed by atoms with Crippen molar-refractivity contribution in [2.24, 2.45) is 17.3 Å². The lowest BCUT2D eigenvalue weighted by molar-refractivity contribution is -0.129. The van der Waals surface area contributed by atoms with Crippen LogP contribution in [0, 0.1) is 17.3 Å². The van der Waals surface area contributed by atoms with Gasteiger partial charge in [-0.1, -0.05) is 13.8 Å². The number of hydrogen-bond donors (Lipinski definition) is 2. The number of likely N-dealkylation sites (tertiary alicyclic amines) is 1. The molecular weight excluding hydrogens is 268 g/mol. The van der Waals surface area contributed by atoms with E-state index in [1.807, 2.05) is 4.90 Å². The third kappa shape index (κ3) is 4.99. The number of carbonyl (C=O) groups is 2. The number of amides is 2. The first-order chi connectivity index (χ1) is 9.91. The molecule has 1 aliphatic carbocycles. The predicted molar refractivity (Wildman–Crippen MR) is 80.5 cm³/mol. The van der Waals surface area contributed by atoms with E-state index < -0.39 is 0 Å². The van der Waals surface area contributed by atoms with Crippen LogP contribution < -0.4 is 5.32 Å². The topological polar surface area (TPSA) is 69.6 Å². The van der Waals surface area contributed by atoms with Gasteiger partial charge < -0.3 is 15.3 Å². The van der Waals surface area contributed by atoms with Crippen molar-refractivity contribution in [3.05, 3.63) is 0 Å². The zero-order valence-corrected chi connectivity index (χ0v) is 13.2. The summed E-state index contributed by atoms with van der Waals surface area (Å²) < 4.78 is 0. The van der Waals surface area contributed by atoms with E-state index in [9.17, 15) is 9.59 Å². The quantitative estimate of drug-likeness (QED) is 0.706. The fraction of sp³-hybridized carbons (Fsp3) is 0.875. The standard InChI is InChI=1S/C16H28N2O3/c1-16(2,6-3-7-19)11-17-15(21)13-8-14(20)18(10-13)9-12-4-5-12/h12-13,19H,3-11H2,1-2H3,(H,17,21). The highest BCUT2D eigenvalue weighted by Gasteiger charge is 2.37. The minimum absolute atomic E-state index is 0.00118. The Labute approximate surface area is 127 Å². The van der Waals surface area contributed by atoms with Crippen LogP contribution in [0.15, 0.2) is 0 Å². The van der Waals surface area contributed by atoms with Gasteiger partial charge in [0.05, 0.1) is 5.92 Å². The summed E-state index contributed by atoms with van der Waals surface area (Å²) in [5, 5.41) is 11.9. The molecule has 1 unspecified atom stereocenters. The molecule has 5 heteroatoms.